The van der Waals surface area contributed by atoms with Gasteiger partial charge in [-0.3, -0.25) is 0 Å². The van der Waals surface area contributed by atoms with Crippen LogP contribution < -0.4 is 4.90 Å². The molecule has 1 unspecified atom stereocenters. The van der Waals surface area contributed by atoms with Gasteiger partial charge >= 0.3 is 6.18 Å². The fourth-order valence-corrected chi connectivity index (χ4v) is 6.20. The number of aromatic nitrogens is 1. The molecule has 2 aliphatic heterocycles. The maximum atomic E-state index is 13.9. The van der Waals surface area contributed by atoms with Gasteiger partial charge in [-0.05, 0) is 47.6 Å². The molecule has 0 N–H and O–H groups in total. The predicted octanol–water partition coefficient (Wildman–Crippen LogP) is 6.78. The lowest BCUT2D eigenvalue weighted by Gasteiger charge is -2.25. The van der Waals surface area contributed by atoms with E-state index in [0.29, 0.717) is 22.2 Å². The van der Waals surface area contributed by atoms with E-state index >= 15 is 0 Å². The molecular formula is C22H25F3N2OS. The minimum Gasteiger partial charge on any atom is -0.431 e. The number of hydrogen-bond acceptors (Lipinski definition) is 3. The lowest BCUT2D eigenvalue weighted by atomic mass is 10.1. The number of alkyl halides is 3. The third-order valence-electron chi connectivity index (χ3n) is 5.35. The van der Waals surface area contributed by atoms with Gasteiger partial charge in [0, 0.05) is 23.5 Å². The maximum Gasteiger partial charge on any atom is 0.417 e. The number of anilines is 1. The molecule has 0 spiro atoms. The van der Waals surface area contributed by atoms with Crippen molar-refractivity contribution in [3.8, 4) is 11.3 Å². The molecule has 1 fully saturated rings. The Balaban J connectivity index is 1.69. The van der Waals surface area contributed by atoms with E-state index in [1.165, 1.54) is 18.8 Å². The molecule has 29 heavy (non-hydrogen) atoms. The molecular weight excluding hydrogens is 397 g/mol. The van der Waals surface area contributed by atoms with Crippen LogP contribution in [0.15, 0.2) is 56.2 Å². The first-order valence-corrected chi connectivity index (χ1v) is 11.4. The molecule has 2 aromatic rings. The van der Waals surface area contributed by atoms with Crippen LogP contribution >= 0.6 is 10.9 Å². The number of benzene rings is 1. The standard InChI is InChI=1S/C22H25F3N2OS/c1-15(2)19-7-6-12-29(19)20-9-8-16(13-17(20)22(23,24)25)18-14-28-21(26-18)27-10-4-3-5-11-27/h6-9,12-15,29H,3-5,10-11H2,1-2H3. The van der Waals surface area contributed by atoms with E-state index in [2.05, 4.69) is 9.88 Å². The average molecular weight is 423 g/mol. The molecule has 0 amide bonds. The van der Waals surface area contributed by atoms with Gasteiger partial charge in [0.25, 0.3) is 6.01 Å². The summed E-state index contributed by atoms with van der Waals surface area (Å²) in [5.41, 5.74) is 0.292. The minimum absolute atomic E-state index is 0.208. The van der Waals surface area contributed by atoms with E-state index < -0.39 is 22.6 Å². The molecule has 1 saturated heterocycles. The lowest BCUT2D eigenvalue weighted by molar-refractivity contribution is -0.139. The lowest BCUT2D eigenvalue weighted by Crippen LogP contribution is -2.29. The van der Waals surface area contributed by atoms with Crippen LogP contribution in [0.25, 0.3) is 11.3 Å². The van der Waals surface area contributed by atoms with E-state index in [4.69, 9.17) is 4.42 Å². The van der Waals surface area contributed by atoms with Crippen LogP contribution in [-0.2, 0) is 6.18 Å². The summed E-state index contributed by atoms with van der Waals surface area (Å²) in [5, 5.41) is 1.90. The Labute approximate surface area is 171 Å². The number of nitrogens with zero attached hydrogens (tertiary/aromatic N) is 2. The first-order valence-electron chi connectivity index (χ1n) is 9.94. The summed E-state index contributed by atoms with van der Waals surface area (Å²) in [4.78, 5) is 7.94. The molecule has 0 bridgehead atoms. The molecule has 1 atom stereocenters. The SMILES string of the molecule is CC(C)C1=CC=C[SH]1c1ccc(-c2coc(N3CCCCC3)n2)cc1C(F)(F)F. The van der Waals surface area contributed by atoms with Gasteiger partial charge in [0.05, 0.1) is 5.56 Å². The first kappa shape index (κ1) is 20.1. The van der Waals surface area contributed by atoms with Crippen molar-refractivity contribution in [2.75, 3.05) is 18.0 Å². The van der Waals surface area contributed by atoms with Gasteiger partial charge in [0.15, 0.2) is 0 Å². The van der Waals surface area contributed by atoms with Crippen LogP contribution in [0, 0.1) is 5.92 Å². The molecule has 1 aromatic carbocycles. The monoisotopic (exact) mass is 422 g/mol. The molecule has 1 aromatic heterocycles. The first-order chi connectivity index (χ1) is 13.8. The zero-order valence-electron chi connectivity index (χ0n) is 16.5. The van der Waals surface area contributed by atoms with Gasteiger partial charge in [0.2, 0.25) is 0 Å². The summed E-state index contributed by atoms with van der Waals surface area (Å²) in [7, 11) is -1.11. The Morgan fingerprint density at radius 1 is 1.14 bits per heavy atom. The third-order valence-corrected chi connectivity index (χ3v) is 7.95. The van der Waals surface area contributed by atoms with Crippen LogP contribution in [0.4, 0.5) is 19.2 Å². The topological polar surface area (TPSA) is 29.3 Å². The van der Waals surface area contributed by atoms with Crippen molar-refractivity contribution in [3.63, 3.8) is 0 Å². The summed E-state index contributed by atoms with van der Waals surface area (Å²) < 4.78 is 47.4. The quantitative estimate of drug-likeness (QED) is 0.551. The fraction of sp³-hybridized carbons (Fsp3) is 0.409. The third kappa shape index (κ3) is 4.10. The average Bonchev–Trinajstić information content (AvgIpc) is 3.37. The zero-order valence-corrected chi connectivity index (χ0v) is 17.4. The highest BCUT2D eigenvalue weighted by atomic mass is 32.2. The van der Waals surface area contributed by atoms with Gasteiger partial charge in [0.1, 0.15) is 12.0 Å². The normalized spacial score (nSPS) is 21.1. The molecule has 3 heterocycles. The minimum atomic E-state index is -4.42. The maximum absolute atomic E-state index is 13.9. The van der Waals surface area contributed by atoms with Crippen molar-refractivity contribution < 1.29 is 17.6 Å². The fourth-order valence-electron chi connectivity index (χ4n) is 3.84. The number of allylic oxidation sites excluding steroid dienone is 3. The highest BCUT2D eigenvalue weighted by Crippen LogP contribution is 2.55. The number of hydrogen-bond donors (Lipinski definition) is 1. The van der Waals surface area contributed by atoms with Gasteiger partial charge in [-0.1, -0.05) is 32.1 Å². The summed E-state index contributed by atoms with van der Waals surface area (Å²) in [6.07, 6.45) is 4.20. The number of piperidine rings is 1. The van der Waals surface area contributed by atoms with Gasteiger partial charge < -0.3 is 9.32 Å². The van der Waals surface area contributed by atoms with Crippen molar-refractivity contribution in [2.24, 2.45) is 5.92 Å². The highest BCUT2D eigenvalue weighted by molar-refractivity contribution is 8.23. The summed E-state index contributed by atoms with van der Waals surface area (Å²) >= 11 is 0. The Bertz CT molecular complexity index is 940. The number of thiol groups is 1. The number of rotatable bonds is 4. The van der Waals surface area contributed by atoms with Crippen molar-refractivity contribution in [1.29, 1.82) is 0 Å². The van der Waals surface area contributed by atoms with Crippen molar-refractivity contribution in [3.05, 3.63) is 52.5 Å². The molecule has 2 aliphatic rings. The number of halogens is 3. The Kier molecular flexibility index (Phi) is 5.51. The van der Waals surface area contributed by atoms with E-state index in [1.54, 1.807) is 12.1 Å². The van der Waals surface area contributed by atoms with Crippen molar-refractivity contribution in [1.82, 2.24) is 4.98 Å². The van der Waals surface area contributed by atoms with Crippen molar-refractivity contribution in [2.45, 2.75) is 44.2 Å². The molecule has 0 saturated carbocycles. The van der Waals surface area contributed by atoms with E-state index in [9.17, 15) is 13.2 Å². The van der Waals surface area contributed by atoms with Gasteiger partial charge in [-0.2, -0.15) is 29.1 Å². The second kappa shape index (κ2) is 7.94. The summed E-state index contributed by atoms with van der Waals surface area (Å²) in [6, 6.07) is 5.06. The molecule has 3 nitrogen and oxygen atoms in total. The Hall–Kier alpha value is -2.15. The predicted molar refractivity (Wildman–Crippen MR) is 112 cm³/mol. The van der Waals surface area contributed by atoms with Gasteiger partial charge in [-0.25, -0.2) is 0 Å². The molecule has 4 rings (SSSR count). The van der Waals surface area contributed by atoms with Crippen molar-refractivity contribution >= 4 is 16.9 Å². The van der Waals surface area contributed by atoms with Crippen LogP contribution in [0.3, 0.4) is 0 Å². The van der Waals surface area contributed by atoms with E-state index in [1.807, 2.05) is 31.4 Å². The second-order valence-electron chi connectivity index (χ2n) is 7.75. The molecule has 156 valence electrons. The molecule has 0 aliphatic carbocycles. The van der Waals surface area contributed by atoms with Crippen LogP contribution in [-0.4, -0.2) is 18.1 Å². The van der Waals surface area contributed by atoms with Crippen LogP contribution in [0.5, 0.6) is 0 Å². The van der Waals surface area contributed by atoms with Crippen LogP contribution in [0.1, 0.15) is 38.7 Å². The van der Waals surface area contributed by atoms with Crippen LogP contribution in [0.2, 0.25) is 0 Å². The zero-order chi connectivity index (χ0) is 20.6. The summed E-state index contributed by atoms with van der Waals surface area (Å²) in [6.45, 7) is 5.78. The smallest absolute Gasteiger partial charge is 0.417 e. The highest BCUT2D eigenvalue weighted by Gasteiger charge is 2.36. The van der Waals surface area contributed by atoms with E-state index in [0.717, 1.165) is 30.8 Å². The van der Waals surface area contributed by atoms with E-state index in [-0.39, 0.29) is 5.92 Å². The molecule has 0 radical (unpaired) electrons. The number of oxazole rings is 1. The second-order valence-corrected chi connectivity index (χ2v) is 9.79. The Morgan fingerprint density at radius 3 is 2.59 bits per heavy atom. The largest absolute Gasteiger partial charge is 0.431 e. The van der Waals surface area contributed by atoms with Gasteiger partial charge in [-0.15, -0.1) is 0 Å². The Morgan fingerprint density at radius 2 is 1.90 bits per heavy atom. The summed E-state index contributed by atoms with van der Waals surface area (Å²) in [5.74, 6) is 0.208. The molecule has 7 heteroatoms.